The molecule has 0 spiro atoms. The van der Waals surface area contributed by atoms with Crippen molar-refractivity contribution in [2.75, 3.05) is 6.54 Å². The van der Waals surface area contributed by atoms with Gasteiger partial charge in [-0.05, 0) is 6.42 Å². The van der Waals surface area contributed by atoms with E-state index in [9.17, 15) is 4.57 Å². The number of hydrogen-bond acceptors (Lipinski definition) is 3. The molecule has 0 bridgehead atoms. The number of hydrogen-bond donors (Lipinski definition) is 4. The van der Waals surface area contributed by atoms with Gasteiger partial charge in [-0.3, -0.25) is 4.99 Å². The number of phosphoric acid groups is 1. The Morgan fingerprint density at radius 2 is 2.13 bits per heavy atom. The normalized spacial score (nSPS) is 12.9. The lowest BCUT2D eigenvalue weighted by molar-refractivity contribution is 0.162. The Morgan fingerprint density at radius 1 is 1.47 bits per heavy atom. The molecule has 0 aliphatic heterocycles. The lowest BCUT2D eigenvalue weighted by atomic mass is 10.2. The fourth-order valence-corrected chi connectivity index (χ4v) is 1.09. The van der Waals surface area contributed by atoms with E-state index in [1.54, 1.807) is 0 Å². The number of guanidine groups is 1. The van der Waals surface area contributed by atoms with Crippen molar-refractivity contribution in [3.05, 3.63) is 0 Å². The van der Waals surface area contributed by atoms with Gasteiger partial charge in [0.05, 0.1) is 0 Å². The highest BCUT2D eigenvalue weighted by Gasteiger charge is 2.14. The number of nitrogens with one attached hydrogen (secondary N) is 1. The first-order valence-electron chi connectivity index (χ1n) is 4.75. The minimum Gasteiger partial charge on any atom is -0.368 e. The molecule has 0 aromatic carbocycles. The third-order valence-corrected chi connectivity index (χ3v) is 1.89. The summed E-state index contributed by atoms with van der Waals surface area (Å²) in [5, 5.41) is 0. The van der Waals surface area contributed by atoms with Gasteiger partial charge in [0.2, 0.25) is 5.96 Å². The summed E-state index contributed by atoms with van der Waals surface area (Å²) in [5.74, 6) is -0.130. The molecule has 0 saturated carbocycles. The largest absolute Gasteiger partial charge is 0.491 e. The van der Waals surface area contributed by atoms with E-state index in [4.69, 9.17) is 15.5 Å². The van der Waals surface area contributed by atoms with Crippen LogP contribution in [0.5, 0.6) is 0 Å². The average molecular weight is 239 g/mol. The predicted molar refractivity (Wildman–Crippen MR) is 56.9 cm³/mol. The van der Waals surface area contributed by atoms with Crippen LogP contribution in [0.1, 0.15) is 32.6 Å². The maximum atomic E-state index is 10.3. The van der Waals surface area contributed by atoms with Gasteiger partial charge in [-0.15, -0.1) is 0 Å². The van der Waals surface area contributed by atoms with Gasteiger partial charge in [0.25, 0.3) is 0 Å². The molecule has 0 radical (unpaired) electrons. The molecule has 0 heterocycles. The number of nitrogens with two attached hydrogens (primary N) is 1. The molecule has 0 aliphatic carbocycles. The molecule has 0 saturated heterocycles. The molecule has 15 heavy (non-hydrogen) atoms. The quantitative estimate of drug-likeness (QED) is 0.169. The van der Waals surface area contributed by atoms with Crippen LogP contribution in [0.15, 0.2) is 4.99 Å². The van der Waals surface area contributed by atoms with Crippen molar-refractivity contribution in [1.29, 1.82) is 0 Å². The second-order valence-corrected chi connectivity index (χ2v) is 4.18. The molecule has 0 fully saturated rings. The molecular formula is C7H18N3O4P. The van der Waals surface area contributed by atoms with Gasteiger partial charge >= 0.3 is 7.82 Å². The van der Waals surface area contributed by atoms with Crippen molar-refractivity contribution in [1.82, 2.24) is 5.48 Å². The zero-order chi connectivity index (χ0) is 11.7. The molecule has 0 aliphatic rings. The van der Waals surface area contributed by atoms with E-state index < -0.39 is 7.82 Å². The molecule has 0 atom stereocenters. The molecule has 0 aromatic rings. The Kier molecular flexibility index (Phi) is 7.33. The Hall–Kier alpha value is -0.620. The Balaban J connectivity index is 3.57. The summed E-state index contributed by atoms with van der Waals surface area (Å²) in [6.45, 7) is 2.62. The lowest BCUT2D eigenvalue weighted by Gasteiger charge is -2.06. The summed E-state index contributed by atoms with van der Waals surface area (Å²) < 4.78 is 14.2. The summed E-state index contributed by atoms with van der Waals surface area (Å²) in [4.78, 5) is 20.5. The van der Waals surface area contributed by atoms with Gasteiger partial charge in [0.1, 0.15) is 0 Å². The average Bonchev–Trinajstić information content (AvgIpc) is 2.13. The van der Waals surface area contributed by atoms with Crippen LogP contribution in [0.25, 0.3) is 0 Å². The van der Waals surface area contributed by atoms with Gasteiger partial charge in [-0.2, -0.15) is 4.62 Å². The maximum Gasteiger partial charge on any atom is 0.491 e. The third-order valence-electron chi connectivity index (χ3n) is 1.56. The van der Waals surface area contributed by atoms with Crippen molar-refractivity contribution >= 4 is 13.8 Å². The lowest BCUT2D eigenvalue weighted by Crippen LogP contribution is -2.31. The van der Waals surface area contributed by atoms with Gasteiger partial charge in [-0.1, -0.05) is 26.2 Å². The topological polar surface area (TPSA) is 117 Å². The highest BCUT2D eigenvalue weighted by molar-refractivity contribution is 7.46. The summed E-state index contributed by atoms with van der Waals surface area (Å²) >= 11 is 0. The fourth-order valence-electron chi connectivity index (χ4n) is 0.877. The fraction of sp³-hybridized carbons (Fsp3) is 0.857. The van der Waals surface area contributed by atoms with Crippen molar-refractivity contribution in [2.24, 2.45) is 10.7 Å². The van der Waals surface area contributed by atoms with Crippen molar-refractivity contribution in [2.45, 2.75) is 32.6 Å². The standard InChI is InChI=1S/C7H18N3O4P/c1-2-3-4-5-6-9-7(8)10-14-15(11,12)13/h2-6H2,1H3,(H3,8,9,10)(H2,11,12,13). The molecule has 0 amide bonds. The van der Waals surface area contributed by atoms with Gasteiger partial charge in [0, 0.05) is 6.54 Å². The Bertz CT molecular complexity index is 240. The molecule has 0 aromatic heterocycles. The Labute approximate surface area is 88.9 Å². The SMILES string of the molecule is CCCCCCN=C(N)NOP(=O)(O)O. The number of hydroxylamine groups is 1. The van der Waals surface area contributed by atoms with E-state index in [0.29, 0.717) is 6.54 Å². The van der Waals surface area contributed by atoms with Crippen LogP contribution in [0.3, 0.4) is 0 Å². The van der Waals surface area contributed by atoms with E-state index in [-0.39, 0.29) is 5.96 Å². The first-order valence-corrected chi connectivity index (χ1v) is 6.29. The van der Waals surface area contributed by atoms with Crippen LogP contribution in [0.2, 0.25) is 0 Å². The van der Waals surface area contributed by atoms with Crippen molar-refractivity contribution in [3.63, 3.8) is 0 Å². The smallest absolute Gasteiger partial charge is 0.368 e. The number of aliphatic imine (C=N–C) groups is 1. The third kappa shape index (κ3) is 11.3. The van der Waals surface area contributed by atoms with Gasteiger partial charge in [0.15, 0.2) is 0 Å². The minimum atomic E-state index is -4.54. The molecule has 5 N–H and O–H groups in total. The summed E-state index contributed by atoms with van der Waals surface area (Å²) in [6, 6.07) is 0. The van der Waals surface area contributed by atoms with Gasteiger partial charge in [-0.25, -0.2) is 10.0 Å². The maximum absolute atomic E-state index is 10.3. The molecular weight excluding hydrogens is 221 g/mol. The predicted octanol–water partition coefficient (Wildman–Crippen LogP) is 0.495. The number of unbranched alkanes of at least 4 members (excludes halogenated alkanes) is 3. The first kappa shape index (κ1) is 14.4. The molecule has 7 nitrogen and oxygen atoms in total. The van der Waals surface area contributed by atoms with Crippen LogP contribution in [0, 0.1) is 0 Å². The van der Waals surface area contributed by atoms with Crippen LogP contribution < -0.4 is 11.2 Å². The highest BCUT2D eigenvalue weighted by Crippen LogP contribution is 2.33. The Morgan fingerprint density at radius 3 is 2.67 bits per heavy atom. The van der Waals surface area contributed by atoms with Crippen LogP contribution in [-0.4, -0.2) is 22.3 Å². The number of nitrogens with zero attached hydrogens (tertiary/aromatic N) is 1. The summed E-state index contributed by atoms with van der Waals surface area (Å²) in [5.41, 5.74) is 7.14. The summed E-state index contributed by atoms with van der Waals surface area (Å²) in [7, 11) is -4.54. The number of rotatable bonds is 7. The molecule has 8 heteroatoms. The highest BCUT2D eigenvalue weighted by atomic mass is 31.2. The van der Waals surface area contributed by atoms with E-state index >= 15 is 0 Å². The zero-order valence-electron chi connectivity index (χ0n) is 8.72. The van der Waals surface area contributed by atoms with E-state index in [1.165, 1.54) is 0 Å². The second-order valence-electron chi connectivity index (χ2n) is 3.01. The van der Waals surface area contributed by atoms with Crippen LogP contribution in [-0.2, 0) is 9.19 Å². The van der Waals surface area contributed by atoms with E-state index in [0.717, 1.165) is 25.7 Å². The van der Waals surface area contributed by atoms with Crippen LogP contribution in [0.4, 0.5) is 0 Å². The zero-order valence-corrected chi connectivity index (χ0v) is 9.61. The first-order chi connectivity index (χ1) is 6.95. The molecule has 0 rings (SSSR count). The minimum absolute atomic E-state index is 0.130. The van der Waals surface area contributed by atoms with Crippen molar-refractivity contribution in [3.8, 4) is 0 Å². The van der Waals surface area contributed by atoms with E-state index in [2.05, 4.69) is 16.5 Å². The molecule has 0 unspecified atom stereocenters. The van der Waals surface area contributed by atoms with E-state index in [1.807, 2.05) is 5.48 Å². The summed E-state index contributed by atoms with van der Waals surface area (Å²) in [6.07, 6.45) is 4.24. The van der Waals surface area contributed by atoms with Crippen molar-refractivity contribution < 1.29 is 19.0 Å². The molecule has 90 valence electrons. The van der Waals surface area contributed by atoms with Crippen LogP contribution >= 0.6 is 7.82 Å². The monoisotopic (exact) mass is 239 g/mol. The van der Waals surface area contributed by atoms with Gasteiger partial charge < -0.3 is 15.5 Å². The second kappa shape index (κ2) is 7.64.